The molecule has 3 amide bonds. The number of unbranched alkanes of at least 4 members (excludes halogenated alkanes) is 1. The normalized spacial score (nSPS) is 20.4. The minimum atomic E-state index is -1.10. The molecule has 2 fully saturated rings. The number of hydrogen-bond acceptors (Lipinski definition) is 8. The highest BCUT2D eigenvalue weighted by Crippen LogP contribution is 2.38. The molecule has 1 N–H and O–H groups in total. The van der Waals surface area contributed by atoms with Crippen LogP contribution in [0.2, 0.25) is 0 Å². The first-order valence-electron chi connectivity index (χ1n) is 16.6. The molecule has 13 heteroatoms. The highest BCUT2D eigenvalue weighted by molar-refractivity contribution is 5.94. The highest BCUT2D eigenvalue weighted by atomic mass is 16.5. The molecule has 4 rings (SSSR count). The molecule has 13 nitrogen and oxygen atoms in total. The lowest BCUT2D eigenvalue weighted by Crippen LogP contribution is -2.66. The number of morpholine rings is 1. The summed E-state index contributed by atoms with van der Waals surface area (Å²) in [5.41, 5.74) is 1.11. The van der Waals surface area contributed by atoms with Gasteiger partial charge in [0, 0.05) is 39.9 Å². The van der Waals surface area contributed by atoms with Crippen LogP contribution in [0.15, 0.2) is 24.3 Å². The minimum Gasteiger partial charge on any atom is -0.497 e. The van der Waals surface area contributed by atoms with Crippen LogP contribution in [0.5, 0.6) is 5.75 Å². The number of piperidine rings is 1. The van der Waals surface area contributed by atoms with Crippen molar-refractivity contribution in [2.24, 2.45) is 17.3 Å². The maximum atomic E-state index is 14.8. The Morgan fingerprint density at radius 1 is 1.09 bits per heavy atom. The van der Waals surface area contributed by atoms with Crippen molar-refractivity contribution in [3.05, 3.63) is 35.7 Å². The van der Waals surface area contributed by atoms with Crippen molar-refractivity contribution in [1.29, 1.82) is 0 Å². The summed E-state index contributed by atoms with van der Waals surface area (Å²) in [5, 5.41) is 19.4. The van der Waals surface area contributed by atoms with Gasteiger partial charge in [0.15, 0.2) is 5.69 Å². The number of ether oxygens (including phenoxy) is 3. The number of carbonyl (C=O) groups is 3. The van der Waals surface area contributed by atoms with Crippen molar-refractivity contribution in [2.75, 3.05) is 60.2 Å². The lowest BCUT2D eigenvalue weighted by molar-refractivity contribution is -0.144. The summed E-state index contributed by atoms with van der Waals surface area (Å²) in [4.78, 5) is 46.5. The number of amides is 3. The van der Waals surface area contributed by atoms with Crippen LogP contribution in [0.1, 0.15) is 70.1 Å². The SMILES string of the molecule is COCCCCc1c(C(=O)N(CC(C)C)[C@H]2C[C@@H](C(=O)N3CCOCC3)CN(C(=O)O)C2C(C)(C)C)nnn1-c1ccc(OC)cc1. The number of benzene rings is 1. The Morgan fingerprint density at radius 3 is 2.34 bits per heavy atom. The van der Waals surface area contributed by atoms with Crippen molar-refractivity contribution >= 4 is 17.9 Å². The largest absolute Gasteiger partial charge is 0.497 e. The third-order valence-corrected chi connectivity index (χ3v) is 8.97. The number of rotatable bonds is 12. The van der Waals surface area contributed by atoms with E-state index in [-0.39, 0.29) is 30.0 Å². The summed E-state index contributed by atoms with van der Waals surface area (Å²) < 4.78 is 17.8. The van der Waals surface area contributed by atoms with Gasteiger partial charge < -0.3 is 34.0 Å². The second-order valence-corrected chi connectivity index (χ2v) is 14.0. The molecule has 260 valence electrons. The summed E-state index contributed by atoms with van der Waals surface area (Å²) >= 11 is 0. The molecule has 2 aliphatic rings. The third-order valence-electron chi connectivity index (χ3n) is 8.97. The van der Waals surface area contributed by atoms with Crippen LogP contribution in [0.3, 0.4) is 0 Å². The molecule has 2 saturated heterocycles. The summed E-state index contributed by atoms with van der Waals surface area (Å²) in [6.07, 6.45) is 1.32. The number of likely N-dealkylation sites (tertiary alicyclic amines) is 1. The van der Waals surface area contributed by atoms with E-state index in [1.807, 2.05) is 58.9 Å². The number of carbonyl (C=O) groups excluding carboxylic acids is 2. The summed E-state index contributed by atoms with van der Waals surface area (Å²) in [6.45, 7) is 12.9. The average Bonchev–Trinajstić information content (AvgIpc) is 3.48. The Morgan fingerprint density at radius 2 is 1.77 bits per heavy atom. The van der Waals surface area contributed by atoms with E-state index in [2.05, 4.69) is 10.3 Å². The van der Waals surface area contributed by atoms with Crippen LogP contribution >= 0.6 is 0 Å². The summed E-state index contributed by atoms with van der Waals surface area (Å²) in [5.74, 6) is -0.249. The predicted octanol–water partition coefficient (Wildman–Crippen LogP) is 3.99. The van der Waals surface area contributed by atoms with Crippen LogP contribution in [-0.2, 0) is 20.7 Å². The van der Waals surface area contributed by atoms with Crippen LogP contribution in [-0.4, -0.2) is 125 Å². The molecule has 0 radical (unpaired) electrons. The van der Waals surface area contributed by atoms with Crippen LogP contribution < -0.4 is 4.74 Å². The maximum Gasteiger partial charge on any atom is 0.407 e. The zero-order valence-electron chi connectivity index (χ0n) is 29.0. The van der Waals surface area contributed by atoms with Gasteiger partial charge in [0.1, 0.15) is 5.75 Å². The first-order chi connectivity index (χ1) is 22.4. The summed E-state index contributed by atoms with van der Waals surface area (Å²) in [7, 11) is 3.27. The Hall–Kier alpha value is -3.71. The van der Waals surface area contributed by atoms with Gasteiger partial charge in [0.2, 0.25) is 5.91 Å². The second-order valence-electron chi connectivity index (χ2n) is 14.0. The Bertz CT molecular complexity index is 1350. The van der Waals surface area contributed by atoms with Gasteiger partial charge in [0.25, 0.3) is 5.91 Å². The summed E-state index contributed by atoms with van der Waals surface area (Å²) in [6, 6.07) is 6.28. The molecule has 2 aromatic rings. The predicted molar refractivity (Wildman–Crippen MR) is 176 cm³/mol. The Labute approximate surface area is 278 Å². The number of carboxylic acid groups (broad SMARTS) is 1. The minimum absolute atomic E-state index is 0.0648. The number of nitrogens with zero attached hydrogens (tertiary/aromatic N) is 6. The second kappa shape index (κ2) is 15.9. The smallest absolute Gasteiger partial charge is 0.407 e. The van der Waals surface area contributed by atoms with Gasteiger partial charge in [-0.25, -0.2) is 9.48 Å². The van der Waals surface area contributed by atoms with Crippen molar-refractivity contribution in [1.82, 2.24) is 29.7 Å². The van der Waals surface area contributed by atoms with Crippen molar-refractivity contribution in [3.8, 4) is 11.4 Å². The number of aromatic nitrogens is 3. The fourth-order valence-corrected chi connectivity index (χ4v) is 6.87. The third kappa shape index (κ3) is 8.61. The van der Waals surface area contributed by atoms with Crippen LogP contribution in [0, 0.1) is 17.3 Å². The van der Waals surface area contributed by atoms with E-state index in [0.29, 0.717) is 63.7 Å². The lowest BCUT2D eigenvalue weighted by atomic mass is 9.74. The van der Waals surface area contributed by atoms with Gasteiger partial charge in [-0.15, -0.1) is 5.10 Å². The van der Waals surface area contributed by atoms with Crippen molar-refractivity contribution < 1.29 is 33.7 Å². The molecule has 1 unspecified atom stereocenters. The first-order valence-corrected chi connectivity index (χ1v) is 16.6. The molecule has 3 atom stereocenters. The molecule has 0 bridgehead atoms. The van der Waals surface area contributed by atoms with Gasteiger partial charge in [-0.05, 0) is 61.3 Å². The maximum absolute atomic E-state index is 14.8. The topological polar surface area (TPSA) is 140 Å². The molecule has 1 aromatic carbocycles. The van der Waals surface area contributed by atoms with E-state index in [9.17, 15) is 19.5 Å². The van der Waals surface area contributed by atoms with E-state index >= 15 is 0 Å². The Balaban J connectivity index is 1.79. The first kappa shape index (κ1) is 36.1. The molecular formula is C34H52N6O7. The van der Waals surface area contributed by atoms with E-state index in [4.69, 9.17) is 14.2 Å². The van der Waals surface area contributed by atoms with Gasteiger partial charge >= 0.3 is 6.09 Å². The molecule has 0 aliphatic carbocycles. The van der Waals surface area contributed by atoms with E-state index in [1.54, 1.807) is 28.7 Å². The standard InChI is InChI=1S/C34H52N6O7/c1-23(2)21-38(28-20-24(31(41)37-15-18-47-19-16-37)22-39(33(43)44)30(28)34(3,4)5)32(42)29-27(10-8-9-17-45-6)40(36-35-29)25-11-13-26(46-7)14-12-25/h11-14,23-24,28,30H,8-10,15-22H2,1-7H3,(H,43,44)/t24-,28+,30?/m1/s1. The highest BCUT2D eigenvalue weighted by Gasteiger charge is 2.50. The zero-order valence-corrected chi connectivity index (χ0v) is 29.0. The molecule has 0 spiro atoms. The van der Waals surface area contributed by atoms with Crippen molar-refractivity contribution in [2.45, 2.75) is 72.4 Å². The molecular weight excluding hydrogens is 604 g/mol. The Kier molecular flexibility index (Phi) is 12.2. The monoisotopic (exact) mass is 656 g/mol. The van der Waals surface area contributed by atoms with Crippen LogP contribution in [0.4, 0.5) is 4.79 Å². The fourth-order valence-electron chi connectivity index (χ4n) is 6.87. The van der Waals surface area contributed by atoms with E-state index in [1.165, 1.54) is 4.90 Å². The average molecular weight is 657 g/mol. The van der Waals surface area contributed by atoms with E-state index < -0.39 is 29.5 Å². The fraction of sp³-hybridized carbons (Fsp3) is 0.676. The van der Waals surface area contributed by atoms with Gasteiger partial charge in [-0.3, -0.25) is 9.59 Å². The molecule has 1 aromatic heterocycles. The van der Waals surface area contributed by atoms with Gasteiger partial charge in [-0.2, -0.15) is 0 Å². The van der Waals surface area contributed by atoms with Gasteiger partial charge in [0.05, 0.1) is 49.7 Å². The van der Waals surface area contributed by atoms with E-state index in [0.717, 1.165) is 18.5 Å². The zero-order chi connectivity index (χ0) is 34.3. The molecule has 3 heterocycles. The number of methoxy groups -OCH3 is 2. The molecule has 0 saturated carbocycles. The van der Waals surface area contributed by atoms with Crippen molar-refractivity contribution in [3.63, 3.8) is 0 Å². The van der Waals surface area contributed by atoms with Crippen LogP contribution in [0.25, 0.3) is 5.69 Å². The quantitative estimate of drug-likeness (QED) is 0.336. The lowest BCUT2D eigenvalue weighted by Gasteiger charge is -2.52. The molecule has 2 aliphatic heterocycles. The number of hydrogen-bond donors (Lipinski definition) is 1. The molecule has 47 heavy (non-hydrogen) atoms. The van der Waals surface area contributed by atoms with Gasteiger partial charge in [-0.1, -0.05) is 39.8 Å².